The number of carbonyl (C=O) groups excluding carboxylic acids is 2. The number of hydrogen-bond acceptors (Lipinski definition) is 4. The van der Waals surface area contributed by atoms with Crippen molar-refractivity contribution in [1.82, 2.24) is 0 Å². The molecule has 0 atom stereocenters. The van der Waals surface area contributed by atoms with Gasteiger partial charge in [-0.2, -0.15) is 0 Å². The van der Waals surface area contributed by atoms with Gasteiger partial charge in [0.25, 0.3) is 0 Å². The fraction of sp³-hybridized carbons (Fsp3) is 0.250. The van der Waals surface area contributed by atoms with Gasteiger partial charge in [-0.3, -0.25) is 14.4 Å². The summed E-state index contributed by atoms with van der Waals surface area (Å²) in [6.07, 6.45) is 0. The molecule has 0 saturated carbocycles. The van der Waals surface area contributed by atoms with Crippen LogP contribution in [0.15, 0.2) is 24.3 Å². The van der Waals surface area contributed by atoms with Crippen LogP contribution in [-0.2, 0) is 14.4 Å². The minimum Gasteiger partial charge on any atom is -0.480 e. The maximum atomic E-state index is 11.4. The molecule has 0 aliphatic carbocycles. The molecule has 18 heavy (non-hydrogen) atoms. The summed E-state index contributed by atoms with van der Waals surface area (Å²) in [4.78, 5) is 33.9. The maximum Gasteiger partial charge on any atom is 0.323 e. The number of aliphatic carboxylic acids is 1. The fourth-order valence-corrected chi connectivity index (χ4v) is 1.40. The average molecular weight is 251 g/mol. The largest absolute Gasteiger partial charge is 0.480 e. The minimum atomic E-state index is -1.12. The summed E-state index contributed by atoms with van der Waals surface area (Å²) in [7, 11) is 0. The summed E-state index contributed by atoms with van der Waals surface area (Å²) < 4.78 is 4.87. The molecule has 1 aromatic rings. The van der Waals surface area contributed by atoms with Crippen LogP contribution in [0.4, 0.5) is 5.69 Å². The molecular weight excluding hydrogens is 238 g/mol. The number of rotatable bonds is 4. The van der Waals surface area contributed by atoms with Gasteiger partial charge in [0.2, 0.25) is 5.91 Å². The molecule has 0 unspecified atom stereocenters. The molecule has 0 fully saturated rings. The van der Waals surface area contributed by atoms with Crippen LogP contribution in [0.25, 0.3) is 0 Å². The van der Waals surface area contributed by atoms with Gasteiger partial charge in [0.15, 0.2) is 0 Å². The van der Waals surface area contributed by atoms with E-state index >= 15 is 0 Å². The zero-order valence-corrected chi connectivity index (χ0v) is 10.0. The van der Waals surface area contributed by atoms with Crippen molar-refractivity contribution < 1.29 is 24.2 Å². The Kier molecular flexibility index (Phi) is 4.42. The number of carbonyl (C=O) groups is 3. The molecule has 0 aliphatic rings. The van der Waals surface area contributed by atoms with E-state index in [-0.39, 0.29) is 5.75 Å². The molecular formula is C12H13NO5. The number of ether oxygens (including phenoxy) is 1. The summed E-state index contributed by atoms with van der Waals surface area (Å²) in [5.41, 5.74) is 0.364. The van der Waals surface area contributed by atoms with Crippen LogP contribution in [0.1, 0.15) is 13.8 Å². The molecule has 0 heterocycles. The normalized spacial score (nSPS) is 9.67. The lowest BCUT2D eigenvalue weighted by atomic mass is 10.2. The quantitative estimate of drug-likeness (QED) is 0.638. The van der Waals surface area contributed by atoms with Crippen molar-refractivity contribution in [3.8, 4) is 5.75 Å². The second-order valence-corrected chi connectivity index (χ2v) is 3.59. The van der Waals surface area contributed by atoms with Gasteiger partial charge in [-0.05, 0) is 12.1 Å². The third kappa shape index (κ3) is 3.89. The average Bonchev–Trinajstić information content (AvgIpc) is 2.24. The number of carboxylic acids is 1. The number of hydrogen-bond donors (Lipinski definition) is 1. The van der Waals surface area contributed by atoms with Crippen LogP contribution in [-0.4, -0.2) is 29.5 Å². The van der Waals surface area contributed by atoms with E-state index in [4.69, 9.17) is 9.84 Å². The van der Waals surface area contributed by atoms with Crippen LogP contribution in [0.5, 0.6) is 5.75 Å². The van der Waals surface area contributed by atoms with Gasteiger partial charge in [0, 0.05) is 25.6 Å². The topological polar surface area (TPSA) is 83.9 Å². The van der Waals surface area contributed by atoms with E-state index in [2.05, 4.69) is 0 Å². The molecule has 0 spiro atoms. The van der Waals surface area contributed by atoms with Crippen LogP contribution in [0.3, 0.4) is 0 Å². The van der Waals surface area contributed by atoms with Gasteiger partial charge in [-0.1, -0.05) is 6.07 Å². The first-order valence-corrected chi connectivity index (χ1v) is 5.18. The zero-order valence-electron chi connectivity index (χ0n) is 10.0. The molecule has 1 aromatic carbocycles. The van der Waals surface area contributed by atoms with E-state index in [1.54, 1.807) is 18.2 Å². The minimum absolute atomic E-state index is 0.261. The highest BCUT2D eigenvalue weighted by atomic mass is 16.5. The van der Waals surface area contributed by atoms with Crippen molar-refractivity contribution >= 4 is 23.5 Å². The Hall–Kier alpha value is -2.37. The number of amides is 1. The first-order chi connectivity index (χ1) is 8.40. The zero-order chi connectivity index (χ0) is 13.7. The molecule has 0 bridgehead atoms. The standard InChI is InChI=1S/C12H13NO5/c1-8(14)13(7-12(16)17)10-4-3-5-11(6-10)18-9(2)15/h3-6H,7H2,1-2H3,(H,16,17). The Labute approximate surface area is 104 Å². The molecule has 1 rings (SSSR count). The van der Waals surface area contributed by atoms with E-state index in [9.17, 15) is 14.4 Å². The highest BCUT2D eigenvalue weighted by Crippen LogP contribution is 2.21. The predicted octanol–water partition coefficient (Wildman–Crippen LogP) is 1.05. The molecule has 0 aromatic heterocycles. The van der Waals surface area contributed by atoms with Crippen LogP contribution < -0.4 is 9.64 Å². The molecule has 0 aliphatic heterocycles. The van der Waals surface area contributed by atoms with Gasteiger partial charge < -0.3 is 14.7 Å². The van der Waals surface area contributed by atoms with Crippen molar-refractivity contribution in [3.63, 3.8) is 0 Å². The number of anilines is 1. The third-order valence-corrected chi connectivity index (χ3v) is 2.06. The lowest BCUT2D eigenvalue weighted by molar-refractivity contribution is -0.136. The second-order valence-electron chi connectivity index (χ2n) is 3.59. The SMILES string of the molecule is CC(=O)Oc1cccc(N(CC(=O)O)C(C)=O)c1. The van der Waals surface area contributed by atoms with Gasteiger partial charge in [0.1, 0.15) is 12.3 Å². The summed E-state index contributed by atoms with van der Waals surface area (Å²) in [5, 5.41) is 8.73. The monoisotopic (exact) mass is 251 g/mol. The first-order valence-electron chi connectivity index (χ1n) is 5.18. The van der Waals surface area contributed by atoms with Crippen molar-refractivity contribution in [2.24, 2.45) is 0 Å². The molecule has 0 radical (unpaired) electrons. The highest BCUT2D eigenvalue weighted by Gasteiger charge is 2.15. The summed E-state index contributed by atoms with van der Waals surface area (Å²) in [6.45, 7) is 2.08. The van der Waals surface area contributed by atoms with Crippen LogP contribution in [0.2, 0.25) is 0 Å². The van der Waals surface area contributed by atoms with Crippen LogP contribution >= 0.6 is 0 Å². The Morgan fingerprint density at radius 2 is 1.94 bits per heavy atom. The summed E-state index contributed by atoms with van der Waals surface area (Å²) in [6, 6.07) is 6.12. The van der Waals surface area contributed by atoms with Gasteiger partial charge in [-0.15, -0.1) is 0 Å². The smallest absolute Gasteiger partial charge is 0.323 e. The molecule has 0 saturated heterocycles. The number of nitrogens with zero attached hydrogens (tertiary/aromatic N) is 1. The molecule has 1 N–H and O–H groups in total. The molecule has 6 nitrogen and oxygen atoms in total. The Balaban J connectivity index is 3.01. The second kappa shape index (κ2) is 5.81. The van der Waals surface area contributed by atoms with E-state index in [1.165, 1.54) is 19.9 Å². The van der Waals surface area contributed by atoms with E-state index in [0.29, 0.717) is 5.69 Å². The maximum absolute atomic E-state index is 11.4. The molecule has 96 valence electrons. The van der Waals surface area contributed by atoms with E-state index < -0.39 is 24.4 Å². The number of esters is 1. The van der Waals surface area contributed by atoms with Gasteiger partial charge in [-0.25, -0.2) is 0 Å². The third-order valence-electron chi connectivity index (χ3n) is 2.06. The molecule has 6 heteroatoms. The van der Waals surface area contributed by atoms with Gasteiger partial charge in [0.05, 0.1) is 0 Å². The van der Waals surface area contributed by atoms with E-state index in [0.717, 1.165) is 4.90 Å². The van der Waals surface area contributed by atoms with Crippen molar-refractivity contribution in [3.05, 3.63) is 24.3 Å². The Bertz CT molecular complexity index is 483. The molecule has 1 amide bonds. The summed E-state index contributed by atoms with van der Waals surface area (Å²) >= 11 is 0. The number of benzene rings is 1. The van der Waals surface area contributed by atoms with Crippen molar-refractivity contribution in [2.75, 3.05) is 11.4 Å². The highest BCUT2D eigenvalue weighted by molar-refractivity contribution is 5.96. The number of carboxylic acid groups (broad SMARTS) is 1. The van der Waals surface area contributed by atoms with E-state index in [1.807, 2.05) is 0 Å². The van der Waals surface area contributed by atoms with Crippen molar-refractivity contribution in [1.29, 1.82) is 0 Å². The van der Waals surface area contributed by atoms with Crippen LogP contribution in [0, 0.1) is 0 Å². The van der Waals surface area contributed by atoms with Crippen molar-refractivity contribution in [2.45, 2.75) is 13.8 Å². The Morgan fingerprint density at radius 3 is 2.44 bits per heavy atom. The Morgan fingerprint density at radius 1 is 1.28 bits per heavy atom. The fourth-order valence-electron chi connectivity index (χ4n) is 1.40. The first kappa shape index (κ1) is 13.7. The van der Waals surface area contributed by atoms with Gasteiger partial charge >= 0.3 is 11.9 Å². The summed E-state index contributed by atoms with van der Waals surface area (Å²) in [5.74, 6) is -1.75. The lowest BCUT2D eigenvalue weighted by Crippen LogP contribution is -2.33. The lowest BCUT2D eigenvalue weighted by Gasteiger charge is -2.19. The predicted molar refractivity (Wildman–Crippen MR) is 63.4 cm³/mol.